The monoisotopic (exact) mass is 280 g/mol. The number of carbonyl (C=O) groups is 1. The molecule has 0 fully saturated rings. The van der Waals surface area contributed by atoms with Crippen LogP contribution in [0.15, 0.2) is 54.6 Å². The molecule has 4 nitrogen and oxygen atoms in total. The van der Waals surface area contributed by atoms with Gasteiger partial charge in [-0.3, -0.25) is 0 Å². The average Bonchev–Trinajstić information content (AvgIpc) is 2.41. The molecule has 0 aliphatic rings. The lowest BCUT2D eigenvalue weighted by Crippen LogP contribution is -2.15. The van der Waals surface area contributed by atoms with Gasteiger partial charge in [0, 0.05) is 0 Å². The van der Waals surface area contributed by atoms with Gasteiger partial charge in [0.15, 0.2) is 11.5 Å². The molecule has 0 saturated carbocycles. The quantitative estimate of drug-likeness (QED) is 0.630. The predicted octanol–water partition coefficient (Wildman–Crippen LogP) is 3.87. The minimum atomic E-state index is -3.01. The van der Waals surface area contributed by atoms with E-state index in [1.54, 1.807) is 30.3 Å². The van der Waals surface area contributed by atoms with Crippen molar-refractivity contribution in [3.63, 3.8) is 0 Å². The second kappa shape index (κ2) is 6.51. The molecular formula is C14H10F2O4. The topological polar surface area (TPSA) is 44.8 Å². The van der Waals surface area contributed by atoms with Crippen molar-refractivity contribution in [1.29, 1.82) is 0 Å². The standard InChI is InChI=1S/C14H10F2O4/c15-13(16)19-11-8-4-5-9-12(11)20-14(17)18-10-6-2-1-3-7-10/h1-9,13H. The van der Waals surface area contributed by atoms with E-state index in [1.807, 2.05) is 0 Å². The number of rotatable bonds is 4. The fourth-order valence-corrected chi connectivity index (χ4v) is 1.42. The lowest BCUT2D eigenvalue weighted by molar-refractivity contribution is -0.0512. The maximum atomic E-state index is 12.2. The molecule has 0 amide bonds. The second-order valence-corrected chi connectivity index (χ2v) is 3.59. The highest BCUT2D eigenvalue weighted by atomic mass is 19.3. The van der Waals surface area contributed by atoms with Crippen molar-refractivity contribution in [2.75, 3.05) is 0 Å². The van der Waals surface area contributed by atoms with E-state index in [0.29, 0.717) is 0 Å². The van der Waals surface area contributed by atoms with Gasteiger partial charge >= 0.3 is 12.8 Å². The van der Waals surface area contributed by atoms with E-state index in [4.69, 9.17) is 9.47 Å². The number of carbonyl (C=O) groups excluding carboxylic acids is 1. The van der Waals surface area contributed by atoms with E-state index in [2.05, 4.69) is 4.74 Å². The van der Waals surface area contributed by atoms with Crippen molar-refractivity contribution in [3.05, 3.63) is 54.6 Å². The normalized spacial score (nSPS) is 10.2. The summed E-state index contributed by atoms with van der Waals surface area (Å²) in [5, 5.41) is 0. The number of para-hydroxylation sites is 3. The molecule has 2 aromatic carbocycles. The second-order valence-electron chi connectivity index (χ2n) is 3.59. The molecule has 0 spiro atoms. The highest BCUT2D eigenvalue weighted by Gasteiger charge is 2.14. The van der Waals surface area contributed by atoms with Gasteiger partial charge in [-0.1, -0.05) is 30.3 Å². The van der Waals surface area contributed by atoms with E-state index < -0.39 is 12.8 Å². The highest BCUT2D eigenvalue weighted by molar-refractivity contribution is 5.68. The molecule has 6 heteroatoms. The van der Waals surface area contributed by atoms with Crippen LogP contribution in [-0.2, 0) is 0 Å². The van der Waals surface area contributed by atoms with Gasteiger partial charge in [-0.25, -0.2) is 4.79 Å². The maximum Gasteiger partial charge on any atom is 0.519 e. The highest BCUT2D eigenvalue weighted by Crippen LogP contribution is 2.28. The molecule has 0 saturated heterocycles. The Morgan fingerprint density at radius 3 is 2.10 bits per heavy atom. The number of hydrogen-bond acceptors (Lipinski definition) is 4. The van der Waals surface area contributed by atoms with Crippen LogP contribution in [0.1, 0.15) is 0 Å². The number of benzene rings is 2. The largest absolute Gasteiger partial charge is 0.519 e. The third-order valence-electron chi connectivity index (χ3n) is 2.20. The SMILES string of the molecule is O=C(Oc1ccccc1)Oc1ccccc1OC(F)F. The first-order valence-electron chi connectivity index (χ1n) is 5.63. The van der Waals surface area contributed by atoms with Crippen LogP contribution in [-0.4, -0.2) is 12.8 Å². The molecule has 2 aromatic rings. The Bertz CT molecular complexity index is 572. The first kappa shape index (κ1) is 13.8. The van der Waals surface area contributed by atoms with Gasteiger partial charge in [0.1, 0.15) is 5.75 Å². The van der Waals surface area contributed by atoms with Crippen molar-refractivity contribution >= 4 is 6.16 Å². The van der Waals surface area contributed by atoms with Gasteiger partial charge in [0.25, 0.3) is 0 Å². The summed E-state index contributed by atoms with van der Waals surface area (Å²) in [5.74, 6) is -0.106. The van der Waals surface area contributed by atoms with Crippen molar-refractivity contribution in [3.8, 4) is 17.2 Å². The van der Waals surface area contributed by atoms with Gasteiger partial charge < -0.3 is 14.2 Å². The molecule has 104 valence electrons. The van der Waals surface area contributed by atoms with Crippen LogP contribution < -0.4 is 14.2 Å². The van der Waals surface area contributed by atoms with Crippen LogP contribution in [0.2, 0.25) is 0 Å². The van der Waals surface area contributed by atoms with Gasteiger partial charge in [-0.05, 0) is 24.3 Å². The number of alkyl halides is 2. The molecule has 0 aliphatic carbocycles. The molecule has 20 heavy (non-hydrogen) atoms. The summed E-state index contributed by atoms with van der Waals surface area (Å²) in [5.41, 5.74) is 0. The van der Waals surface area contributed by atoms with Gasteiger partial charge in [-0.2, -0.15) is 8.78 Å². The van der Waals surface area contributed by atoms with E-state index in [-0.39, 0.29) is 17.2 Å². The zero-order chi connectivity index (χ0) is 14.4. The molecule has 0 heterocycles. The molecule has 0 unspecified atom stereocenters. The van der Waals surface area contributed by atoms with Crippen molar-refractivity contribution in [2.24, 2.45) is 0 Å². The van der Waals surface area contributed by atoms with Crippen LogP contribution in [0.3, 0.4) is 0 Å². The molecular weight excluding hydrogens is 270 g/mol. The van der Waals surface area contributed by atoms with E-state index in [9.17, 15) is 13.6 Å². The molecule has 2 rings (SSSR count). The van der Waals surface area contributed by atoms with E-state index in [1.165, 1.54) is 24.3 Å². The van der Waals surface area contributed by atoms with Crippen LogP contribution in [0.25, 0.3) is 0 Å². The summed E-state index contributed by atoms with van der Waals surface area (Å²) >= 11 is 0. The number of halogens is 2. The van der Waals surface area contributed by atoms with Crippen LogP contribution in [0.5, 0.6) is 17.2 Å². The molecule has 0 atom stereocenters. The third kappa shape index (κ3) is 3.94. The first-order chi connectivity index (χ1) is 9.65. The maximum absolute atomic E-state index is 12.2. The Morgan fingerprint density at radius 1 is 0.850 bits per heavy atom. The molecule has 0 N–H and O–H groups in total. The Labute approximate surface area is 113 Å². The van der Waals surface area contributed by atoms with Crippen LogP contribution >= 0.6 is 0 Å². The summed E-state index contributed by atoms with van der Waals surface area (Å²) in [6, 6.07) is 13.8. The first-order valence-corrected chi connectivity index (χ1v) is 5.63. The van der Waals surface area contributed by atoms with Gasteiger partial charge in [0.05, 0.1) is 0 Å². The van der Waals surface area contributed by atoms with Crippen molar-refractivity contribution in [2.45, 2.75) is 6.61 Å². The average molecular weight is 280 g/mol. The summed E-state index contributed by atoms with van der Waals surface area (Å²) < 4.78 is 38.3. The van der Waals surface area contributed by atoms with Gasteiger partial charge in [-0.15, -0.1) is 0 Å². The summed E-state index contributed by atoms with van der Waals surface area (Å²) in [4.78, 5) is 11.5. The molecule has 0 radical (unpaired) electrons. The smallest absolute Gasteiger partial charge is 0.431 e. The Kier molecular flexibility index (Phi) is 4.49. The molecule has 0 bridgehead atoms. The third-order valence-corrected chi connectivity index (χ3v) is 2.20. The summed E-state index contributed by atoms with van der Waals surface area (Å²) in [7, 11) is 0. The van der Waals surface area contributed by atoms with Crippen LogP contribution in [0, 0.1) is 0 Å². The Hall–Kier alpha value is -2.63. The lowest BCUT2D eigenvalue weighted by Gasteiger charge is -2.10. The lowest BCUT2D eigenvalue weighted by atomic mass is 10.3. The zero-order valence-electron chi connectivity index (χ0n) is 10.2. The minimum Gasteiger partial charge on any atom is -0.431 e. The summed E-state index contributed by atoms with van der Waals surface area (Å²) in [6.45, 7) is -3.01. The van der Waals surface area contributed by atoms with Crippen molar-refractivity contribution in [1.82, 2.24) is 0 Å². The fourth-order valence-electron chi connectivity index (χ4n) is 1.42. The molecule has 0 aliphatic heterocycles. The van der Waals surface area contributed by atoms with Crippen LogP contribution in [0.4, 0.5) is 13.6 Å². The fraction of sp³-hybridized carbons (Fsp3) is 0.0714. The Balaban J connectivity index is 2.04. The summed E-state index contributed by atoms with van der Waals surface area (Å²) in [6.07, 6.45) is -1.04. The van der Waals surface area contributed by atoms with Crippen molar-refractivity contribution < 1.29 is 27.8 Å². The van der Waals surface area contributed by atoms with Gasteiger partial charge in [0.2, 0.25) is 0 Å². The zero-order valence-corrected chi connectivity index (χ0v) is 10.2. The minimum absolute atomic E-state index is 0.145. The number of hydrogen-bond donors (Lipinski definition) is 0. The van der Waals surface area contributed by atoms with E-state index >= 15 is 0 Å². The molecule has 0 aromatic heterocycles. The number of ether oxygens (including phenoxy) is 3. The predicted molar refractivity (Wildman–Crippen MR) is 66.2 cm³/mol. The van der Waals surface area contributed by atoms with E-state index in [0.717, 1.165) is 0 Å². The Morgan fingerprint density at radius 2 is 1.45 bits per heavy atom.